The Kier molecular flexibility index (Phi) is 8.00. The van der Waals surface area contributed by atoms with Gasteiger partial charge in [0.15, 0.2) is 0 Å². The number of nitrogens with one attached hydrogen (secondary N) is 4. The summed E-state index contributed by atoms with van der Waals surface area (Å²) in [5, 5.41) is 6.70. The van der Waals surface area contributed by atoms with Gasteiger partial charge in [-0.15, -0.1) is 0 Å². The van der Waals surface area contributed by atoms with E-state index in [0.29, 0.717) is 42.0 Å². The number of benzene rings is 2. The Balaban J connectivity index is 1.23. The molecule has 2 amide bonds. The number of aromatic amines is 2. The third-order valence-corrected chi connectivity index (χ3v) is 8.71. The Morgan fingerprint density at radius 2 is 1.70 bits per heavy atom. The molecule has 0 radical (unpaired) electrons. The van der Waals surface area contributed by atoms with Gasteiger partial charge in [0.2, 0.25) is 5.91 Å². The van der Waals surface area contributed by atoms with Crippen molar-refractivity contribution >= 4 is 40.0 Å². The van der Waals surface area contributed by atoms with Crippen LogP contribution >= 0.6 is 0 Å². The molecule has 11 heteroatoms. The number of amides is 2. The minimum Gasteiger partial charge on any atom is -0.380 e. The van der Waals surface area contributed by atoms with Crippen molar-refractivity contribution < 1.29 is 9.59 Å². The molecule has 8 N–H and O–H groups in total. The fourth-order valence-electron chi connectivity index (χ4n) is 6.22. The van der Waals surface area contributed by atoms with Crippen LogP contribution in [-0.4, -0.2) is 52.4 Å². The fraction of sp³-hybridized carbons (Fsp3) is 0.375. The van der Waals surface area contributed by atoms with Gasteiger partial charge in [-0.1, -0.05) is 24.3 Å². The van der Waals surface area contributed by atoms with Crippen LogP contribution in [-0.2, 0) is 16.0 Å². The third-order valence-electron chi connectivity index (χ3n) is 8.71. The molecule has 0 bridgehead atoms. The largest absolute Gasteiger partial charge is 0.380 e. The third kappa shape index (κ3) is 5.91. The predicted octanol–water partition coefficient (Wildman–Crippen LogP) is 3.26. The number of nitrogens with two attached hydrogens (primary N) is 2. The molecule has 1 atom stereocenters. The lowest BCUT2D eigenvalue weighted by atomic mass is 9.81. The highest BCUT2D eigenvalue weighted by atomic mass is 16.2. The topological polar surface area (TPSA) is 175 Å². The molecular weight excluding hydrogens is 544 g/mol. The van der Waals surface area contributed by atoms with Crippen LogP contribution in [0.5, 0.6) is 0 Å². The van der Waals surface area contributed by atoms with E-state index < -0.39 is 11.9 Å². The summed E-state index contributed by atoms with van der Waals surface area (Å²) in [5.41, 5.74) is 18.4. The van der Waals surface area contributed by atoms with Crippen molar-refractivity contribution in [2.75, 3.05) is 35.2 Å². The minimum absolute atomic E-state index is 0.262. The van der Waals surface area contributed by atoms with Crippen LogP contribution in [0.2, 0.25) is 0 Å². The number of rotatable bonds is 7. The number of imidazole rings is 1. The van der Waals surface area contributed by atoms with Crippen molar-refractivity contribution in [2.24, 2.45) is 23.3 Å². The number of aromatic nitrogens is 3. The molecule has 0 spiro atoms. The van der Waals surface area contributed by atoms with Gasteiger partial charge >= 0.3 is 5.69 Å². The van der Waals surface area contributed by atoms with Crippen molar-refractivity contribution in [1.29, 1.82) is 0 Å². The van der Waals surface area contributed by atoms with Gasteiger partial charge in [-0.05, 0) is 86.9 Å². The number of fused-ring (bicyclic) bond motifs is 2. The highest BCUT2D eigenvalue weighted by molar-refractivity contribution is 6.17. The van der Waals surface area contributed by atoms with Crippen molar-refractivity contribution in [3.05, 3.63) is 70.3 Å². The van der Waals surface area contributed by atoms with Crippen LogP contribution in [0.1, 0.15) is 36.9 Å². The smallest absolute Gasteiger partial charge is 0.323 e. The number of carbonyl (C=O) groups excluding carboxylic acids is 2. The van der Waals surface area contributed by atoms with Crippen molar-refractivity contribution in [1.82, 2.24) is 15.0 Å². The summed E-state index contributed by atoms with van der Waals surface area (Å²) < 4.78 is 0. The Hall–Kier alpha value is -4.48. The van der Waals surface area contributed by atoms with Gasteiger partial charge in [0.05, 0.1) is 28.5 Å². The lowest BCUT2D eigenvalue weighted by Gasteiger charge is -2.32. The molecule has 4 aromatic rings. The number of H-pyrrole nitrogens is 2. The normalized spacial score (nSPS) is 18.8. The molecule has 43 heavy (non-hydrogen) atoms. The lowest BCUT2D eigenvalue weighted by Crippen LogP contribution is -2.50. The van der Waals surface area contributed by atoms with Gasteiger partial charge in [-0.3, -0.25) is 9.59 Å². The van der Waals surface area contributed by atoms with E-state index in [-0.39, 0.29) is 23.9 Å². The SMILES string of the molecule is Cc1nc2c(cc1-c1ccc(C[C@H](N)C(=O)N(C(=O)C3CCC(CN)CC3)c3ccc4[nH]c(=O)[nH]c4c3)cc1)NCCN2. The van der Waals surface area contributed by atoms with Gasteiger partial charge in [0.1, 0.15) is 5.82 Å². The molecule has 1 fully saturated rings. The summed E-state index contributed by atoms with van der Waals surface area (Å²) in [4.78, 5) is 51.0. The fourth-order valence-corrected chi connectivity index (χ4v) is 6.22. The summed E-state index contributed by atoms with van der Waals surface area (Å²) >= 11 is 0. The van der Waals surface area contributed by atoms with Gasteiger partial charge in [0, 0.05) is 30.3 Å². The second kappa shape index (κ2) is 12.0. The van der Waals surface area contributed by atoms with E-state index in [9.17, 15) is 14.4 Å². The summed E-state index contributed by atoms with van der Waals surface area (Å²) in [7, 11) is 0. The first-order chi connectivity index (χ1) is 20.8. The Morgan fingerprint density at radius 1 is 0.977 bits per heavy atom. The molecule has 2 aromatic carbocycles. The van der Waals surface area contributed by atoms with E-state index in [1.807, 2.05) is 31.2 Å². The van der Waals surface area contributed by atoms with Crippen LogP contribution in [0, 0.1) is 18.8 Å². The molecule has 2 aliphatic rings. The van der Waals surface area contributed by atoms with Gasteiger partial charge in [-0.25, -0.2) is 14.7 Å². The van der Waals surface area contributed by atoms with E-state index in [1.165, 1.54) is 4.90 Å². The molecule has 1 aliphatic heterocycles. The first-order valence-corrected chi connectivity index (χ1v) is 14.9. The standard InChI is InChI=1S/C32H38N8O3/c1-18-24(16-28-29(37-18)36-13-12-35-28)21-6-2-19(3-7-21)14-25(34)31(42)40(30(41)22-8-4-20(17-33)5-9-22)23-10-11-26-27(15-23)39-32(43)38-26/h2-3,6-7,10-11,15-16,20,22,25,35H,4-5,8-9,12-14,17,33-34H2,1H3,(H,36,37)(H2,38,39,43)/t20?,22?,25-/m0/s1. The summed E-state index contributed by atoms with van der Waals surface area (Å²) in [6, 6.07) is 14.1. The van der Waals surface area contributed by atoms with Crippen molar-refractivity contribution in [3.63, 3.8) is 0 Å². The molecule has 0 saturated heterocycles. The van der Waals surface area contributed by atoms with Crippen LogP contribution in [0.4, 0.5) is 17.2 Å². The van der Waals surface area contributed by atoms with E-state index in [2.05, 4.69) is 26.7 Å². The van der Waals surface area contributed by atoms with Crippen molar-refractivity contribution in [2.45, 2.75) is 45.1 Å². The number of nitrogens with zero attached hydrogens (tertiary/aromatic N) is 2. The summed E-state index contributed by atoms with van der Waals surface area (Å²) in [6.45, 7) is 4.27. The summed E-state index contributed by atoms with van der Waals surface area (Å²) in [5.74, 6) is 0.232. The Labute approximate surface area is 249 Å². The summed E-state index contributed by atoms with van der Waals surface area (Å²) in [6.07, 6.45) is 3.31. The maximum absolute atomic E-state index is 13.9. The molecular formula is C32H38N8O3. The highest BCUT2D eigenvalue weighted by Crippen LogP contribution is 2.33. The molecule has 3 heterocycles. The molecule has 11 nitrogen and oxygen atoms in total. The number of carbonyl (C=O) groups is 2. The number of imide groups is 1. The first kappa shape index (κ1) is 28.6. The average Bonchev–Trinajstić information content (AvgIpc) is 3.40. The zero-order valence-corrected chi connectivity index (χ0v) is 24.3. The quantitative estimate of drug-likeness (QED) is 0.192. The maximum Gasteiger partial charge on any atom is 0.323 e. The minimum atomic E-state index is -0.946. The number of pyridine rings is 1. The molecule has 0 unspecified atom stereocenters. The predicted molar refractivity (Wildman–Crippen MR) is 169 cm³/mol. The number of hydrogen-bond acceptors (Lipinski definition) is 8. The maximum atomic E-state index is 13.9. The molecule has 1 saturated carbocycles. The average molecular weight is 583 g/mol. The second-order valence-electron chi connectivity index (χ2n) is 11.7. The Bertz CT molecular complexity index is 1700. The van der Waals surface area contributed by atoms with Crippen LogP contribution in [0.3, 0.4) is 0 Å². The first-order valence-electron chi connectivity index (χ1n) is 14.9. The van der Waals surface area contributed by atoms with Gasteiger partial charge in [-0.2, -0.15) is 0 Å². The number of hydrogen-bond donors (Lipinski definition) is 6. The van der Waals surface area contributed by atoms with Crippen LogP contribution < -0.4 is 32.7 Å². The van der Waals surface area contributed by atoms with Crippen molar-refractivity contribution in [3.8, 4) is 11.1 Å². The van der Waals surface area contributed by atoms with Gasteiger partial charge < -0.3 is 32.1 Å². The van der Waals surface area contributed by atoms with Crippen LogP contribution in [0.25, 0.3) is 22.2 Å². The molecule has 6 rings (SSSR count). The second-order valence-corrected chi connectivity index (χ2v) is 11.7. The zero-order chi connectivity index (χ0) is 30.1. The Morgan fingerprint density at radius 3 is 2.44 bits per heavy atom. The van der Waals surface area contributed by atoms with Crippen LogP contribution in [0.15, 0.2) is 53.3 Å². The number of aryl methyl sites for hydroxylation is 1. The van der Waals surface area contributed by atoms with E-state index in [0.717, 1.165) is 59.8 Å². The van der Waals surface area contributed by atoms with Gasteiger partial charge in [0.25, 0.3) is 5.91 Å². The van der Waals surface area contributed by atoms with E-state index in [4.69, 9.17) is 16.5 Å². The molecule has 2 aromatic heterocycles. The molecule has 1 aliphatic carbocycles. The number of anilines is 3. The lowest BCUT2D eigenvalue weighted by molar-refractivity contribution is -0.130. The van der Waals surface area contributed by atoms with E-state index in [1.54, 1.807) is 18.2 Å². The highest BCUT2D eigenvalue weighted by Gasteiger charge is 2.35. The monoisotopic (exact) mass is 582 g/mol. The zero-order valence-electron chi connectivity index (χ0n) is 24.3. The molecule has 224 valence electrons. The van der Waals surface area contributed by atoms with E-state index >= 15 is 0 Å².